The molecule has 1 amide bonds. The average molecular weight is 272 g/mol. The molecule has 112 valence electrons. The Morgan fingerprint density at radius 2 is 2.21 bits per heavy atom. The van der Waals surface area contributed by atoms with Gasteiger partial charge in [0, 0.05) is 25.7 Å². The van der Waals surface area contributed by atoms with Crippen LogP contribution < -0.4 is 5.32 Å². The Balaban J connectivity index is 2.46. The van der Waals surface area contributed by atoms with Crippen molar-refractivity contribution in [3.63, 3.8) is 0 Å². The van der Waals surface area contributed by atoms with Gasteiger partial charge in [-0.3, -0.25) is 0 Å². The Kier molecular flexibility index (Phi) is 7.82. The molecule has 1 heterocycles. The lowest BCUT2D eigenvalue weighted by molar-refractivity contribution is 0.111. The van der Waals surface area contributed by atoms with Crippen molar-refractivity contribution in [3.8, 4) is 0 Å². The van der Waals surface area contributed by atoms with Crippen molar-refractivity contribution < 1.29 is 14.6 Å². The summed E-state index contributed by atoms with van der Waals surface area (Å²) in [5, 5.41) is 11.9. The van der Waals surface area contributed by atoms with E-state index in [0.717, 1.165) is 45.3 Å². The molecule has 0 aromatic carbocycles. The molecule has 2 unspecified atom stereocenters. The number of nitrogens with zero attached hydrogens (tertiary/aromatic N) is 1. The third-order valence-corrected chi connectivity index (χ3v) is 3.52. The topological polar surface area (TPSA) is 61.8 Å². The van der Waals surface area contributed by atoms with E-state index in [1.54, 1.807) is 0 Å². The summed E-state index contributed by atoms with van der Waals surface area (Å²) < 4.78 is 4.95. The fourth-order valence-corrected chi connectivity index (χ4v) is 2.83. The van der Waals surface area contributed by atoms with Gasteiger partial charge in [0.05, 0.1) is 6.61 Å². The lowest BCUT2D eigenvalue weighted by Gasteiger charge is -2.37. The number of hydrogen-bond acceptors (Lipinski definition) is 4. The molecule has 1 rings (SSSR count). The van der Waals surface area contributed by atoms with Crippen LogP contribution in [0.3, 0.4) is 0 Å². The van der Waals surface area contributed by atoms with Crippen molar-refractivity contribution in [2.45, 2.75) is 45.6 Å². The van der Waals surface area contributed by atoms with E-state index >= 15 is 0 Å². The summed E-state index contributed by atoms with van der Waals surface area (Å²) in [6.07, 6.45) is 3.67. The molecule has 1 saturated heterocycles. The summed E-state index contributed by atoms with van der Waals surface area (Å²) in [4.78, 5) is 13.9. The Morgan fingerprint density at radius 3 is 2.84 bits per heavy atom. The molecule has 0 aromatic rings. The average Bonchev–Trinajstić information content (AvgIpc) is 2.36. The van der Waals surface area contributed by atoms with Gasteiger partial charge in [-0.2, -0.15) is 0 Å². The minimum Gasteiger partial charge on any atom is -0.450 e. The smallest absolute Gasteiger partial charge is 0.407 e. The highest BCUT2D eigenvalue weighted by molar-refractivity contribution is 5.67. The van der Waals surface area contributed by atoms with E-state index in [1.165, 1.54) is 0 Å². The molecule has 0 bridgehead atoms. The van der Waals surface area contributed by atoms with Gasteiger partial charge in [0.25, 0.3) is 0 Å². The summed E-state index contributed by atoms with van der Waals surface area (Å²) in [5.41, 5.74) is 0. The van der Waals surface area contributed by atoms with Crippen LogP contribution in [-0.2, 0) is 4.74 Å². The summed E-state index contributed by atoms with van der Waals surface area (Å²) in [7, 11) is 0. The first-order chi connectivity index (χ1) is 9.19. The third kappa shape index (κ3) is 6.25. The van der Waals surface area contributed by atoms with E-state index in [1.807, 2.05) is 6.92 Å². The van der Waals surface area contributed by atoms with E-state index in [4.69, 9.17) is 9.84 Å². The second-order valence-electron chi connectivity index (χ2n) is 5.29. The normalized spacial score (nSPS) is 24.2. The summed E-state index contributed by atoms with van der Waals surface area (Å²) in [5.74, 6) is 0.555. The zero-order valence-electron chi connectivity index (χ0n) is 12.2. The first-order valence-corrected chi connectivity index (χ1v) is 7.46. The van der Waals surface area contributed by atoms with Gasteiger partial charge in [-0.15, -0.1) is 0 Å². The van der Waals surface area contributed by atoms with Gasteiger partial charge in [0.1, 0.15) is 0 Å². The van der Waals surface area contributed by atoms with Crippen molar-refractivity contribution in [2.24, 2.45) is 5.92 Å². The number of ether oxygens (including phenoxy) is 1. The second-order valence-corrected chi connectivity index (χ2v) is 5.29. The standard InChI is InChI=1S/C14H28N2O3/c1-3-7-16-10-12(6-5-8-17)9-13(11-16)15-14(18)19-4-2/h12-13,17H,3-11H2,1-2H3,(H,15,18). The van der Waals surface area contributed by atoms with Gasteiger partial charge in [0.2, 0.25) is 0 Å². The first-order valence-electron chi connectivity index (χ1n) is 7.46. The Hall–Kier alpha value is -0.810. The van der Waals surface area contributed by atoms with Crippen LogP contribution in [-0.4, -0.2) is 55.0 Å². The number of aliphatic hydroxyl groups is 1. The number of rotatable bonds is 7. The van der Waals surface area contributed by atoms with Crippen LogP contribution in [0.25, 0.3) is 0 Å². The Labute approximate surface area is 116 Å². The van der Waals surface area contributed by atoms with E-state index in [9.17, 15) is 4.79 Å². The van der Waals surface area contributed by atoms with Gasteiger partial charge >= 0.3 is 6.09 Å². The van der Waals surface area contributed by atoms with Crippen molar-refractivity contribution in [1.29, 1.82) is 0 Å². The van der Waals surface area contributed by atoms with Crippen molar-refractivity contribution in [2.75, 3.05) is 32.8 Å². The minimum atomic E-state index is -0.313. The van der Waals surface area contributed by atoms with Gasteiger partial charge in [-0.05, 0) is 45.1 Å². The number of nitrogens with one attached hydrogen (secondary N) is 1. The van der Waals surface area contributed by atoms with E-state index in [-0.39, 0.29) is 18.7 Å². The quantitative estimate of drug-likeness (QED) is 0.739. The number of alkyl carbamates (subject to hydrolysis) is 1. The zero-order chi connectivity index (χ0) is 14.1. The van der Waals surface area contributed by atoms with Crippen LogP contribution in [0.4, 0.5) is 4.79 Å². The fourth-order valence-electron chi connectivity index (χ4n) is 2.83. The highest BCUT2D eigenvalue weighted by atomic mass is 16.5. The maximum atomic E-state index is 11.5. The summed E-state index contributed by atoms with van der Waals surface area (Å²) in [6.45, 7) is 7.69. The molecular formula is C14H28N2O3. The highest BCUT2D eigenvalue weighted by Gasteiger charge is 2.27. The van der Waals surface area contributed by atoms with Gasteiger partial charge in [-0.1, -0.05) is 6.92 Å². The number of amides is 1. The highest BCUT2D eigenvalue weighted by Crippen LogP contribution is 2.21. The van der Waals surface area contributed by atoms with Crippen LogP contribution in [0.5, 0.6) is 0 Å². The van der Waals surface area contributed by atoms with Crippen molar-refractivity contribution in [3.05, 3.63) is 0 Å². The van der Waals surface area contributed by atoms with E-state index in [2.05, 4.69) is 17.1 Å². The molecule has 1 aliphatic heterocycles. The molecule has 5 heteroatoms. The zero-order valence-corrected chi connectivity index (χ0v) is 12.2. The predicted octanol–water partition coefficient (Wildman–Crippen LogP) is 1.61. The van der Waals surface area contributed by atoms with Crippen LogP contribution in [0.1, 0.15) is 39.5 Å². The number of aliphatic hydroxyl groups excluding tert-OH is 1. The summed E-state index contributed by atoms with van der Waals surface area (Å²) in [6, 6.07) is 0.169. The first kappa shape index (κ1) is 16.2. The van der Waals surface area contributed by atoms with Gasteiger partial charge in [-0.25, -0.2) is 4.79 Å². The largest absolute Gasteiger partial charge is 0.450 e. The molecule has 0 aliphatic carbocycles. The minimum absolute atomic E-state index is 0.169. The second kappa shape index (κ2) is 9.15. The molecule has 0 aromatic heterocycles. The SMILES string of the molecule is CCCN1CC(CCCO)CC(NC(=O)OCC)C1. The molecule has 5 nitrogen and oxygen atoms in total. The third-order valence-electron chi connectivity index (χ3n) is 3.52. The van der Waals surface area contributed by atoms with E-state index in [0.29, 0.717) is 12.5 Å². The van der Waals surface area contributed by atoms with Crippen molar-refractivity contribution in [1.82, 2.24) is 10.2 Å². The number of carbonyl (C=O) groups excluding carboxylic acids is 1. The van der Waals surface area contributed by atoms with Gasteiger partial charge in [0.15, 0.2) is 0 Å². The molecule has 0 radical (unpaired) electrons. The molecule has 2 atom stereocenters. The van der Waals surface area contributed by atoms with Crippen LogP contribution >= 0.6 is 0 Å². The molecule has 0 spiro atoms. The number of likely N-dealkylation sites (tertiary alicyclic amines) is 1. The number of carbonyl (C=O) groups is 1. The lowest BCUT2D eigenvalue weighted by Crippen LogP contribution is -2.51. The molecule has 1 aliphatic rings. The Bertz CT molecular complexity index is 261. The van der Waals surface area contributed by atoms with E-state index < -0.39 is 0 Å². The molecule has 2 N–H and O–H groups in total. The van der Waals surface area contributed by atoms with Crippen LogP contribution in [0.2, 0.25) is 0 Å². The Morgan fingerprint density at radius 1 is 1.42 bits per heavy atom. The maximum absolute atomic E-state index is 11.5. The summed E-state index contributed by atoms with van der Waals surface area (Å²) >= 11 is 0. The lowest BCUT2D eigenvalue weighted by atomic mass is 9.90. The molecule has 1 fully saturated rings. The monoisotopic (exact) mass is 272 g/mol. The maximum Gasteiger partial charge on any atom is 0.407 e. The number of hydrogen-bond donors (Lipinski definition) is 2. The fraction of sp³-hybridized carbons (Fsp3) is 0.929. The van der Waals surface area contributed by atoms with Gasteiger partial charge < -0.3 is 20.1 Å². The molecular weight excluding hydrogens is 244 g/mol. The van der Waals surface area contributed by atoms with Crippen LogP contribution in [0.15, 0.2) is 0 Å². The van der Waals surface area contributed by atoms with Crippen molar-refractivity contribution >= 4 is 6.09 Å². The molecule has 0 saturated carbocycles. The predicted molar refractivity (Wildman–Crippen MR) is 75.1 cm³/mol. The molecule has 19 heavy (non-hydrogen) atoms. The number of piperidine rings is 1. The van der Waals surface area contributed by atoms with Crippen LogP contribution in [0, 0.1) is 5.92 Å².